The molecule has 1 N–H and O–H groups in total. The van der Waals surface area contributed by atoms with Gasteiger partial charge in [0.25, 0.3) is 0 Å². The molecule has 1 heterocycles. The van der Waals surface area contributed by atoms with E-state index in [1.807, 2.05) is 55.3 Å². The molecule has 0 aliphatic rings. The molecule has 0 radical (unpaired) electrons. The van der Waals surface area contributed by atoms with Gasteiger partial charge in [0.1, 0.15) is 0 Å². The lowest BCUT2D eigenvalue weighted by Gasteiger charge is -2.16. The molecular weight excluding hydrogens is 292 g/mol. The zero-order valence-corrected chi connectivity index (χ0v) is 13.1. The molecule has 1 amide bonds. The minimum absolute atomic E-state index is 0.00977. The second kappa shape index (κ2) is 6.88. The van der Waals surface area contributed by atoms with Crippen molar-refractivity contribution in [3.63, 3.8) is 0 Å². The van der Waals surface area contributed by atoms with Crippen LogP contribution in [0, 0.1) is 6.92 Å². The average molecular weight is 309 g/mol. The summed E-state index contributed by atoms with van der Waals surface area (Å²) in [5.41, 5.74) is 1.93. The summed E-state index contributed by atoms with van der Waals surface area (Å²) in [4.78, 5) is 15.1. The predicted octanol–water partition coefficient (Wildman–Crippen LogP) is 3.78. The van der Waals surface area contributed by atoms with E-state index in [4.69, 9.17) is 11.6 Å². The lowest BCUT2D eigenvalue weighted by molar-refractivity contribution is -0.117. The summed E-state index contributed by atoms with van der Waals surface area (Å²) in [6, 6.07) is 11.6. The second-order valence-electron chi connectivity index (χ2n) is 4.74. The van der Waals surface area contributed by atoms with E-state index in [2.05, 4.69) is 5.32 Å². The van der Waals surface area contributed by atoms with Crippen molar-refractivity contribution in [1.82, 2.24) is 4.90 Å². The number of halogens is 1. The van der Waals surface area contributed by atoms with E-state index in [0.29, 0.717) is 6.54 Å². The Morgan fingerprint density at radius 2 is 2.05 bits per heavy atom. The largest absolute Gasteiger partial charge is 0.325 e. The first-order valence-electron chi connectivity index (χ1n) is 6.33. The number of aryl methyl sites for hydroxylation is 1. The number of nitrogens with one attached hydrogen (secondary N) is 1. The lowest BCUT2D eigenvalue weighted by atomic mass is 10.2. The Morgan fingerprint density at radius 1 is 1.30 bits per heavy atom. The minimum atomic E-state index is -0.00977. The Bertz CT molecular complexity index is 597. The van der Waals surface area contributed by atoms with Crippen LogP contribution < -0.4 is 5.32 Å². The third-order valence-corrected chi connectivity index (χ3v) is 4.10. The fourth-order valence-corrected chi connectivity index (χ4v) is 3.07. The number of benzene rings is 1. The Balaban J connectivity index is 1.86. The maximum Gasteiger partial charge on any atom is 0.238 e. The molecule has 2 aromatic rings. The fourth-order valence-electron chi connectivity index (χ4n) is 1.91. The van der Waals surface area contributed by atoms with Crippen LogP contribution in [0.3, 0.4) is 0 Å². The molecule has 1 aromatic carbocycles. The standard InChI is InChI=1S/C15H17ClN2OS/c1-11-5-3-4-6-13(11)17-15(19)10-18(2)9-12-7-8-14(16)20-12/h3-8H,9-10H2,1-2H3,(H,17,19). The quantitative estimate of drug-likeness (QED) is 0.911. The molecule has 0 spiro atoms. The molecule has 20 heavy (non-hydrogen) atoms. The summed E-state index contributed by atoms with van der Waals surface area (Å²) in [6.07, 6.45) is 0. The molecule has 106 valence electrons. The van der Waals surface area contributed by atoms with E-state index in [1.54, 1.807) is 11.3 Å². The number of carbonyl (C=O) groups is 1. The molecule has 0 aliphatic carbocycles. The lowest BCUT2D eigenvalue weighted by Crippen LogP contribution is -2.29. The SMILES string of the molecule is Cc1ccccc1NC(=O)CN(C)Cc1ccc(Cl)s1. The summed E-state index contributed by atoms with van der Waals surface area (Å²) in [5, 5.41) is 2.93. The molecule has 5 heteroatoms. The Labute approximate surface area is 128 Å². The van der Waals surface area contributed by atoms with Gasteiger partial charge in [0, 0.05) is 17.1 Å². The third-order valence-electron chi connectivity index (χ3n) is 2.89. The second-order valence-corrected chi connectivity index (χ2v) is 6.54. The van der Waals surface area contributed by atoms with E-state index >= 15 is 0 Å². The van der Waals surface area contributed by atoms with Crippen LogP contribution >= 0.6 is 22.9 Å². The van der Waals surface area contributed by atoms with Crippen molar-refractivity contribution in [2.24, 2.45) is 0 Å². The van der Waals surface area contributed by atoms with Crippen molar-refractivity contribution in [3.8, 4) is 0 Å². The molecule has 0 fully saturated rings. The van der Waals surface area contributed by atoms with Gasteiger partial charge in [-0.2, -0.15) is 0 Å². The number of hydrogen-bond acceptors (Lipinski definition) is 3. The minimum Gasteiger partial charge on any atom is -0.325 e. The van der Waals surface area contributed by atoms with Crippen LogP contribution in [0.2, 0.25) is 4.34 Å². The molecule has 0 bridgehead atoms. The van der Waals surface area contributed by atoms with Gasteiger partial charge in [-0.3, -0.25) is 9.69 Å². The number of thiophene rings is 1. The zero-order valence-electron chi connectivity index (χ0n) is 11.5. The first-order chi connectivity index (χ1) is 9.54. The number of likely N-dealkylation sites (N-methyl/N-ethyl adjacent to an activating group) is 1. The van der Waals surface area contributed by atoms with Gasteiger partial charge in [-0.15, -0.1) is 11.3 Å². The van der Waals surface area contributed by atoms with Crippen LogP contribution in [-0.4, -0.2) is 24.4 Å². The van der Waals surface area contributed by atoms with Crippen molar-refractivity contribution in [1.29, 1.82) is 0 Å². The van der Waals surface area contributed by atoms with E-state index in [9.17, 15) is 4.79 Å². The molecule has 2 rings (SSSR count). The van der Waals surface area contributed by atoms with Crippen LogP contribution in [0.25, 0.3) is 0 Å². The first kappa shape index (κ1) is 15.0. The van der Waals surface area contributed by atoms with E-state index < -0.39 is 0 Å². The van der Waals surface area contributed by atoms with Gasteiger partial charge in [0.2, 0.25) is 5.91 Å². The van der Waals surface area contributed by atoms with E-state index in [-0.39, 0.29) is 5.91 Å². The van der Waals surface area contributed by atoms with Crippen LogP contribution in [0.5, 0.6) is 0 Å². The van der Waals surface area contributed by atoms with E-state index in [0.717, 1.165) is 27.0 Å². The Hall–Kier alpha value is -1.36. The predicted molar refractivity (Wildman–Crippen MR) is 85.5 cm³/mol. The molecule has 0 saturated heterocycles. The van der Waals surface area contributed by atoms with Crippen LogP contribution in [0.1, 0.15) is 10.4 Å². The highest BCUT2D eigenvalue weighted by Gasteiger charge is 2.09. The van der Waals surface area contributed by atoms with Gasteiger partial charge in [0.05, 0.1) is 10.9 Å². The summed E-state index contributed by atoms with van der Waals surface area (Å²) < 4.78 is 0.776. The monoisotopic (exact) mass is 308 g/mol. The van der Waals surface area contributed by atoms with Gasteiger partial charge in [-0.05, 0) is 37.7 Å². The number of carbonyl (C=O) groups excluding carboxylic acids is 1. The van der Waals surface area contributed by atoms with Gasteiger partial charge < -0.3 is 5.32 Å². The van der Waals surface area contributed by atoms with Crippen molar-refractivity contribution >= 4 is 34.5 Å². The number of anilines is 1. The van der Waals surface area contributed by atoms with Crippen LogP contribution in [0.4, 0.5) is 5.69 Å². The molecule has 1 aromatic heterocycles. The topological polar surface area (TPSA) is 32.3 Å². The van der Waals surface area contributed by atoms with Gasteiger partial charge >= 0.3 is 0 Å². The van der Waals surface area contributed by atoms with Crippen molar-refractivity contribution in [3.05, 3.63) is 51.2 Å². The number of nitrogens with zero attached hydrogens (tertiary/aromatic N) is 1. The van der Waals surface area contributed by atoms with Crippen LogP contribution in [0.15, 0.2) is 36.4 Å². The first-order valence-corrected chi connectivity index (χ1v) is 7.52. The van der Waals surface area contributed by atoms with Crippen molar-refractivity contribution in [2.45, 2.75) is 13.5 Å². The molecule has 3 nitrogen and oxygen atoms in total. The fraction of sp³-hybridized carbons (Fsp3) is 0.267. The number of rotatable bonds is 5. The zero-order chi connectivity index (χ0) is 14.5. The summed E-state index contributed by atoms with van der Waals surface area (Å²) in [6.45, 7) is 3.05. The maximum atomic E-state index is 12.0. The Kier molecular flexibility index (Phi) is 5.17. The number of amides is 1. The smallest absolute Gasteiger partial charge is 0.238 e. The summed E-state index contributed by atoms with van der Waals surface area (Å²) >= 11 is 7.44. The van der Waals surface area contributed by atoms with Crippen LogP contribution in [-0.2, 0) is 11.3 Å². The van der Waals surface area contributed by atoms with Gasteiger partial charge in [-0.1, -0.05) is 29.8 Å². The highest BCUT2D eigenvalue weighted by molar-refractivity contribution is 7.16. The Morgan fingerprint density at radius 3 is 2.70 bits per heavy atom. The molecular formula is C15H17ClN2OS. The molecule has 0 atom stereocenters. The molecule has 0 unspecified atom stereocenters. The van der Waals surface area contributed by atoms with Crippen molar-refractivity contribution < 1.29 is 4.79 Å². The number of para-hydroxylation sites is 1. The molecule has 0 saturated carbocycles. The van der Waals surface area contributed by atoms with Crippen molar-refractivity contribution in [2.75, 3.05) is 18.9 Å². The summed E-state index contributed by atoms with van der Waals surface area (Å²) in [5.74, 6) is -0.00977. The average Bonchev–Trinajstić information content (AvgIpc) is 2.77. The summed E-state index contributed by atoms with van der Waals surface area (Å²) in [7, 11) is 1.92. The maximum absolute atomic E-state index is 12.0. The molecule has 0 aliphatic heterocycles. The highest BCUT2D eigenvalue weighted by atomic mass is 35.5. The normalized spacial score (nSPS) is 10.8. The number of hydrogen-bond donors (Lipinski definition) is 1. The van der Waals surface area contributed by atoms with Gasteiger partial charge in [-0.25, -0.2) is 0 Å². The van der Waals surface area contributed by atoms with E-state index in [1.165, 1.54) is 0 Å². The third kappa shape index (κ3) is 4.34. The highest BCUT2D eigenvalue weighted by Crippen LogP contribution is 2.22. The van der Waals surface area contributed by atoms with Gasteiger partial charge in [0.15, 0.2) is 0 Å².